The molecule has 0 bridgehead atoms. The van der Waals surface area contributed by atoms with Gasteiger partial charge in [-0.3, -0.25) is 0 Å². The quantitative estimate of drug-likeness (QED) is 0.225. The van der Waals surface area contributed by atoms with E-state index in [0.717, 1.165) is 27.6 Å². The molecule has 1 aliphatic heterocycles. The number of fused-ring (bicyclic) bond motifs is 1. The molecule has 1 N–H and O–H groups in total. The molecule has 2 aromatic carbocycles. The fraction of sp³-hybridized carbons (Fsp3) is 0.172. The average molecular weight is 497 g/mol. The third-order valence-electron chi connectivity index (χ3n) is 6.19. The summed E-state index contributed by atoms with van der Waals surface area (Å²) in [5.74, 6) is -1.20. The van der Waals surface area contributed by atoms with Gasteiger partial charge in [-0.2, -0.15) is 5.26 Å². The molecular formula is C29H24N2O2S2. The first-order chi connectivity index (χ1) is 17.0. The largest absolute Gasteiger partial charge is 0.477 e. The topological polar surface area (TPSA) is 64.3 Å². The highest BCUT2D eigenvalue weighted by Crippen LogP contribution is 2.40. The Kier molecular flexibility index (Phi) is 6.54. The van der Waals surface area contributed by atoms with Gasteiger partial charge in [0.05, 0.1) is 0 Å². The van der Waals surface area contributed by atoms with Crippen LogP contribution >= 0.6 is 22.7 Å². The van der Waals surface area contributed by atoms with E-state index in [1.807, 2.05) is 12.1 Å². The lowest BCUT2D eigenvalue weighted by Crippen LogP contribution is -2.17. The summed E-state index contributed by atoms with van der Waals surface area (Å²) in [5, 5.41) is 18.1. The number of nitriles is 1. The van der Waals surface area contributed by atoms with Gasteiger partial charge in [-0.25, -0.2) is 4.79 Å². The number of aliphatic carboxylic acids is 1. The summed E-state index contributed by atoms with van der Waals surface area (Å²) >= 11 is 3.23. The summed E-state index contributed by atoms with van der Waals surface area (Å²) in [4.78, 5) is 17.7. The minimum Gasteiger partial charge on any atom is -0.477 e. The Morgan fingerprint density at radius 2 is 1.71 bits per heavy atom. The summed E-state index contributed by atoms with van der Waals surface area (Å²) in [6, 6.07) is 25.5. The monoisotopic (exact) mass is 496 g/mol. The van der Waals surface area contributed by atoms with E-state index in [1.165, 1.54) is 63.2 Å². The minimum absolute atomic E-state index is 0.255. The number of thiophene rings is 2. The maximum atomic E-state index is 11.1. The summed E-state index contributed by atoms with van der Waals surface area (Å²) < 4.78 is 0. The van der Waals surface area contributed by atoms with E-state index in [9.17, 15) is 4.79 Å². The number of benzene rings is 2. The Morgan fingerprint density at radius 3 is 2.49 bits per heavy atom. The fourth-order valence-electron chi connectivity index (χ4n) is 4.37. The summed E-state index contributed by atoms with van der Waals surface area (Å²) in [6.07, 6.45) is 4.86. The van der Waals surface area contributed by atoms with E-state index in [-0.39, 0.29) is 5.57 Å². The smallest absolute Gasteiger partial charge is 0.346 e. The Bertz CT molecular complexity index is 1450. The third kappa shape index (κ3) is 4.93. The molecule has 0 radical (unpaired) electrons. The molecule has 174 valence electrons. The Balaban J connectivity index is 1.42. The van der Waals surface area contributed by atoms with Crippen molar-refractivity contribution in [3.05, 3.63) is 88.3 Å². The predicted molar refractivity (Wildman–Crippen MR) is 145 cm³/mol. The molecule has 4 nitrogen and oxygen atoms in total. The van der Waals surface area contributed by atoms with Crippen LogP contribution in [0.2, 0.25) is 0 Å². The van der Waals surface area contributed by atoms with Crippen molar-refractivity contribution in [2.45, 2.75) is 26.2 Å². The maximum absolute atomic E-state index is 11.1. The van der Waals surface area contributed by atoms with Gasteiger partial charge in [-0.05, 0) is 91.9 Å². The molecule has 1 aliphatic rings. The van der Waals surface area contributed by atoms with E-state index < -0.39 is 5.97 Å². The molecule has 6 heteroatoms. The first-order valence-electron chi connectivity index (χ1n) is 11.5. The molecule has 5 rings (SSSR count). The second kappa shape index (κ2) is 9.91. The van der Waals surface area contributed by atoms with Crippen LogP contribution in [0.25, 0.3) is 26.3 Å². The van der Waals surface area contributed by atoms with Gasteiger partial charge < -0.3 is 10.0 Å². The van der Waals surface area contributed by atoms with Crippen molar-refractivity contribution in [3.63, 3.8) is 0 Å². The number of anilines is 2. The molecular weight excluding hydrogens is 472 g/mol. The van der Waals surface area contributed by atoms with Gasteiger partial charge in [0.2, 0.25) is 0 Å². The highest BCUT2D eigenvalue weighted by Gasteiger charge is 2.18. The molecule has 0 saturated carbocycles. The maximum Gasteiger partial charge on any atom is 0.346 e. The van der Waals surface area contributed by atoms with Gasteiger partial charge in [-0.1, -0.05) is 23.8 Å². The van der Waals surface area contributed by atoms with E-state index in [4.69, 9.17) is 10.4 Å². The van der Waals surface area contributed by atoms with Gasteiger partial charge >= 0.3 is 5.97 Å². The summed E-state index contributed by atoms with van der Waals surface area (Å²) in [7, 11) is 0. The zero-order valence-corrected chi connectivity index (χ0v) is 21.0. The van der Waals surface area contributed by atoms with Crippen molar-refractivity contribution in [3.8, 4) is 26.3 Å². The van der Waals surface area contributed by atoms with Crippen LogP contribution < -0.4 is 4.90 Å². The second-order valence-corrected chi connectivity index (χ2v) is 10.8. The molecule has 0 spiro atoms. The van der Waals surface area contributed by atoms with Crippen molar-refractivity contribution >= 4 is 46.1 Å². The molecule has 0 unspecified atom stereocenters. The van der Waals surface area contributed by atoms with E-state index in [0.29, 0.717) is 0 Å². The van der Waals surface area contributed by atoms with Crippen LogP contribution in [-0.4, -0.2) is 17.6 Å². The van der Waals surface area contributed by atoms with Crippen LogP contribution in [0.15, 0.2) is 72.3 Å². The lowest BCUT2D eigenvalue weighted by Gasteiger charge is -2.25. The summed E-state index contributed by atoms with van der Waals surface area (Å²) in [6.45, 7) is 3.15. The van der Waals surface area contributed by atoms with Crippen molar-refractivity contribution in [1.82, 2.24) is 0 Å². The molecule has 35 heavy (non-hydrogen) atoms. The molecule has 0 saturated heterocycles. The molecule has 3 heterocycles. The molecule has 0 aliphatic carbocycles. The highest BCUT2D eigenvalue weighted by atomic mass is 32.1. The van der Waals surface area contributed by atoms with Crippen molar-refractivity contribution in [1.29, 1.82) is 5.26 Å². The number of hydrogen-bond donors (Lipinski definition) is 1. The number of carboxylic acid groups (broad SMARTS) is 1. The summed E-state index contributed by atoms with van der Waals surface area (Å²) in [5.41, 5.74) is 6.17. The average Bonchev–Trinajstić information content (AvgIpc) is 3.48. The minimum atomic E-state index is -1.20. The van der Waals surface area contributed by atoms with Crippen molar-refractivity contribution in [2.75, 3.05) is 11.4 Å². The first-order valence-corrected chi connectivity index (χ1v) is 13.2. The van der Waals surface area contributed by atoms with Crippen molar-refractivity contribution < 1.29 is 9.90 Å². The van der Waals surface area contributed by atoms with Crippen LogP contribution in [0.5, 0.6) is 0 Å². The number of aryl methyl sites for hydroxylation is 2. The SMILES string of the molecule is Cc1ccc(N2CCCCc3cc(-c4ccc(-c5ccc(C=C(C#N)C(=O)O)s5)s4)ccc32)cc1. The standard InChI is InChI=1S/C29H24N2O2S2/c1-19-5-8-23(9-6-19)31-15-3-2-4-20-16-21(7-11-25(20)31)26-13-14-28(35-26)27-12-10-24(34-27)17-22(18-30)29(32)33/h5-14,16-17H,2-4,15H2,1H3,(H,32,33). The fourth-order valence-corrected chi connectivity index (χ4v) is 6.42. The number of rotatable bonds is 5. The van der Waals surface area contributed by atoms with Crippen LogP contribution in [0.1, 0.15) is 28.8 Å². The molecule has 2 aromatic heterocycles. The van der Waals surface area contributed by atoms with Gasteiger partial charge in [0.25, 0.3) is 0 Å². The molecule has 0 fully saturated rings. The van der Waals surface area contributed by atoms with E-state index in [2.05, 4.69) is 66.4 Å². The number of nitrogens with zero attached hydrogens (tertiary/aromatic N) is 2. The highest BCUT2D eigenvalue weighted by molar-refractivity contribution is 7.24. The third-order valence-corrected chi connectivity index (χ3v) is 8.55. The van der Waals surface area contributed by atoms with Gasteiger partial charge in [-0.15, -0.1) is 22.7 Å². The normalized spacial score (nSPS) is 13.7. The Morgan fingerprint density at radius 1 is 0.971 bits per heavy atom. The van der Waals surface area contributed by atoms with Crippen LogP contribution in [0.3, 0.4) is 0 Å². The van der Waals surface area contributed by atoms with Crippen molar-refractivity contribution in [2.24, 2.45) is 0 Å². The van der Waals surface area contributed by atoms with E-state index >= 15 is 0 Å². The lowest BCUT2D eigenvalue weighted by atomic mass is 10.0. The van der Waals surface area contributed by atoms with Crippen LogP contribution in [-0.2, 0) is 11.2 Å². The van der Waals surface area contributed by atoms with Crippen LogP contribution in [0.4, 0.5) is 11.4 Å². The molecule has 4 aromatic rings. The second-order valence-electron chi connectivity index (χ2n) is 8.63. The van der Waals surface area contributed by atoms with E-state index in [1.54, 1.807) is 17.4 Å². The number of hydrogen-bond acceptors (Lipinski definition) is 5. The molecule has 0 atom stereocenters. The predicted octanol–water partition coefficient (Wildman–Crippen LogP) is 7.92. The lowest BCUT2D eigenvalue weighted by molar-refractivity contribution is -0.132. The van der Waals surface area contributed by atoms with Gasteiger partial charge in [0, 0.05) is 37.4 Å². The number of carbonyl (C=O) groups is 1. The number of carboxylic acids is 1. The zero-order valence-electron chi connectivity index (χ0n) is 19.3. The molecule has 0 amide bonds. The first kappa shape index (κ1) is 23.1. The van der Waals surface area contributed by atoms with Crippen LogP contribution in [0, 0.1) is 18.3 Å². The van der Waals surface area contributed by atoms with Gasteiger partial charge in [0.15, 0.2) is 0 Å². The zero-order chi connectivity index (χ0) is 24.4. The van der Waals surface area contributed by atoms with Gasteiger partial charge in [0.1, 0.15) is 11.6 Å². The Labute approximate surface area is 213 Å². The Hall–Kier alpha value is -3.66.